The van der Waals surface area contributed by atoms with Gasteiger partial charge in [0.1, 0.15) is 5.82 Å². The van der Waals surface area contributed by atoms with E-state index in [1.807, 2.05) is 16.7 Å². The molecular weight excluding hydrogens is 411 g/mol. The van der Waals surface area contributed by atoms with E-state index in [0.717, 1.165) is 19.3 Å². The summed E-state index contributed by atoms with van der Waals surface area (Å²) in [6, 6.07) is 14.9. The van der Waals surface area contributed by atoms with Gasteiger partial charge in [-0.2, -0.15) is 0 Å². The molecule has 0 aliphatic heterocycles. The Morgan fingerprint density at radius 3 is 2.77 bits per heavy atom. The van der Waals surface area contributed by atoms with E-state index < -0.39 is 0 Å². The first kappa shape index (κ1) is 21.6. The summed E-state index contributed by atoms with van der Waals surface area (Å²) in [5.74, 6) is 0.708. The van der Waals surface area contributed by atoms with Crippen LogP contribution in [0.1, 0.15) is 43.9 Å². The van der Waals surface area contributed by atoms with Crippen molar-refractivity contribution >= 4 is 17.7 Å². The number of halogens is 1. The molecule has 1 aromatic heterocycles. The van der Waals surface area contributed by atoms with Gasteiger partial charge in [-0.25, -0.2) is 4.39 Å². The van der Waals surface area contributed by atoms with Crippen molar-refractivity contribution < 1.29 is 9.18 Å². The second kappa shape index (κ2) is 9.64. The van der Waals surface area contributed by atoms with E-state index in [1.54, 1.807) is 18.2 Å². The maximum Gasteiger partial charge on any atom is 0.230 e. The van der Waals surface area contributed by atoms with Crippen LogP contribution in [-0.2, 0) is 17.8 Å². The van der Waals surface area contributed by atoms with Crippen molar-refractivity contribution in [2.24, 2.45) is 5.92 Å². The molecule has 1 heterocycles. The van der Waals surface area contributed by atoms with Crippen LogP contribution in [0, 0.1) is 11.7 Å². The highest BCUT2D eigenvalue weighted by Gasteiger charge is 2.23. The number of benzene rings is 2. The molecule has 0 saturated carbocycles. The summed E-state index contributed by atoms with van der Waals surface area (Å²) >= 11 is 1.34. The Morgan fingerprint density at radius 2 is 1.97 bits per heavy atom. The van der Waals surface area contributed by atoms with Crippen LogP contribution in [0.4, 0.5) is 4.39 Å². The first-order valence-electron chi connectivity index (χ1n) is 10.7. The zero-order valence-electron chi connectivity index (χ0n) is 17.8. The normalized spacial score (nSPS) is 15.7. The van der Waals surface area contributed by atoms with Gasteiger partial charge in [-0.3, -0.25) is 4.79 Å². The van der Waals surface area contributed by atoms with Crippen molar-refractivity contribution in [1.29, 1.82) is 0 Å². The minimum atomic E-state index is -0.329. The van der Waals surface area contributed by atoms with E-state index in [-0.39, 0.29) is 23.5 Å². The van der Waals surface area contributed by atoms with E-state index >= 15 is 0 Å². The number of amides is 1. The molecule has 0 spiro atoms. The fraction of sp³-hybridized carbons (Fsp3) is 0.375. The summed E-state index contributed by atoms with van der Waals surface area (Å²) in [5.41, 5.74) is 2.96. The molecule has 7 heteroatoms. The second-order valence-corrected chi connectivity index (χ2v) is 9.23. The molecule has 0 bridgehead atoms. The highest BCUT2D eigenvalue weighted by molar-refractivity contribution is 7.99. The average molecular weight is 439 g/mol. The zero-order valence-corrected chi connectivity index (χ0v) is 18.7. The smallest absolute Gasteiger partial charge is 0.230 e. The van der Waals surface area contributed by atoms with Crippen LogP contribution in [0.5, 0.6) is 0 Å². The molecule has 3 aromatic rings. The molecule has 0 fully saturated rings. The molecule has 0 radical (unpaired) electrons. The standard InChI is InChI=1S/C24H27FN4OS/c1-16(2)14-29-23(19-11-5-6-12-20(19)25)27-28-24(29)31-15-22(30)26-21-13-7-9-17-8-3-4-10-18(17)21/h3-6,8,10-12,16,21H,7,9,13-15H2,1-2H3,(H,26,30)/t21-/m0/s1. The van der Waals surface area contributed by atoms with E-state index in [2.05, 4.69) is 41.5 Å². The molecule has 0 unspecified atom stereocenters. The molecule has 5 nitrogen and oxygen atoms in total. The minimum absolute atomic E-state index is 0.0294. The lowest BCUT2D eigenvalue weighted by Crippen LogP contribution is -2.32. The molecule has 0 saturated heterocycles. The Balaban J connectivity index is 1.47. The lowest BCUT2D eigenvalue weighted by atomic mass is 9.88. The Labute approximate surface area is 186 Å². The maximum absolute atomic E-state index is 14.3. The predicted octanol–water partition coefficient (Wildman–Crippen LogP) is 5.03. The minimum Gasteiger partial charge on any atom is -0.349 e. The van der Waals surface area contributed by atoms with Crippen molar-refractivity contribution in [3.8, 4) is 11.4 Å². The molecular formula is C24H27FN4OS. The van der Waals surface area contributed by atoms with Crippen LogP contribution >= 0.6 is 11.8 Å². The van der Waals surface area contributed by atoms with Crippen molar-refractivity contribution in [1.82, 2.24) is 20.1 Å². The Bertz CT molecular complexity index is 1070. The quantitative estimate of drug-likeness (QED) is 0.526. The van der Waals surface area contributed by atoms with E-state index in [4.69, 9.17) is 0 Å². The summed E-state index contributed by atoms with van der Waals surface area (Å²) < 4.78 is 16.3. The van der Waals surface area contributed by atoms with Gasteiger partial charge in [-0.1, -0.05) is 62.0 Å². The third kappa shape index (κ3) is 4.98. The van der Waals surface area contributed by atoms with Gasteiger partial charge in [-0.05, 0) is 48.4 Å². The third-order valence-corrected chi connectivity index (χ3v) is 6.38. The van der Waals surface area contributed by atoms with Gasteiger partial charge in [0.25, 0.3) is 0 Å². The van der Waals surface area contributed by atoms with E-state index in [1.165, 1.54) is 29.0 Å². The van der Waals surface area contributed by atoms with Gasteiger partial charge in [0.2, 0.25) is 5.91 Å². The van der Waals surface area contributed by atoms with Crippen molar-refractivity contribution in [3.05, 3.63) is 65.5 Å². The second-order valence-electron chi connectivity index (χ2n) is 8.29. The number of nitrogens with zero attached hydrogens (tertiary/aromatic N) is 3. The molecule has 31 heavy (non-hydrogen) atoms. The Morgan fingerprint density at radius 1 is 1.19 bits per heavy atom. The highest BCUT2D eigenvalue weighted by Crippen LogP contribution is 2.30. The summed E-state index contributed by atoms with van der Waals surface area (Å²) in [6.45, 7) is 4.83. The molecule has 4 rings (SSSR count). The first-order valence-corrected chi connectivity index (χ1v) is 11.7. The van der Waals surface area contributed by atoms with Crippen LogP contribution in [0.15, 0.2) is 53.7 Å². The third-order valence-electron chi connectivity index (χ3n) is 5.42. The average Bonchev–Trinajstić information content (AvgIpc) is 3.14. The molecule has 1 amide bonds. The monoisotopic (exact) mass is 438 g/mol. The number of rotatable bonds is 7. The number of nitrogens with one attached hydrogen (secondary N) is 1. The van der Waals surface area contributed by atoms with Crippen molar-refractivity contribution in [3.63, 3.8) is 0 Å². The maximum atomic E-state index is 14.3. The van der Waals surface area contributed by atoms with Crippen LogP contribution < -0.4 is 5.32 Å². The highest BCUT2D eigenvalue weighted by atomic mass is 32.2. The molecule has 1 aliphatic rings. The molecule has 162 valence electrons. The number of hydrogen-bond donors (Lipinski definition) is 1. The summed E-state index contributed by atoms with van der Waals surface area (Å²) in [6.07, 6.45) is 3.09. The van der Waals surface area contributed by atoms with Gasteiger partial charge in [-0.15, -0.1) is 10.2 Å². The number of hydrogen-bond acceptors (Lipinski definition) is 4. The SMILES string of the molecule is CC(C)Cn1c(SCC(=O)N[C@H]2CCCc3ccccc32)nnc1-c1ccccc1F. The lowest BCUT2D eigenvalue weighted by Gasteiger charge is -2.26. The van der Waals surface area contributed by atoms with Crippen LogP contribution in [0.25, 0.3) is 11.4 Å². The number of carbonyl (C=O) groups excluding carboxylic acids is 1. The molecule has 1 atom stereocenters. The largest absolute Gasteiger partial charge is 0.349 e. The Hall–Kier alpha value is -2.67. The first-order chi connectivity index (χ1) is 15.0. The van der Waals surface area contributed by atoms with Crippen molar-refractivity contribution in [2.45, 2.75) is 50.9 Å². The van der Waals surface area contributed by atoms with Crippen LogP contribution in [0.2, 0.25) is 0 Å². The number of carbonyl (C=O) groups is 1. The van der Waals surface area contributed by atoms with Gasteiger partial charge < -0.3 is 9.88 Å². The van der Waals surface area contributed by atoms with Crippen molar-refractivity contribution in [2.75, 3.05) is 5.75 Å². The molecule has 2 aromatic carbocycles. The van der Waals surface area contributed by atoms with E-state index in [0.29, 0.717) is 29.0 Å². The van der Waals surface area contributed by atoms with Gasteiger partial charge in [0, 0.05) is 6.54 Å². The predicted molar refractivity (Wildman–Crippen MR) is 121 cm³/mol. The van der Waals surface area contributed by atoms with Crippen LogP contribution in [-0.4, -0.2) is 26.4 Å². The Kier molecular flexibility index (Phi) is 6.70. The molecule has 1 N–H and O–H groups in total. The fourth-order valence-corrected chi connectivity index (χ4v) is 4.80. The number of aryl methyl sites for hydroxylation is 1. The topological polar surface area (TPSA) is 59.8 Å². The number of thioether (sulfide) groups is 1. The molecule has 1 aliphatic carbocycles. The summed E-state index contributed by atoms with van der Waals surface area (Å²) in [7, 11) is 0. The number of aromatic nitrogens is 3. The van der Waals surface area contributed by atoms with Gasteiger partial charge in [0.15, 0.2) is 11.0 Å². The fourth-order valence-electron chi connectivity index (χ4n) is 4.04. The zero-order chi connectivity index (χ0) is 21.8. The van der Waals surface area contributed by atoms with E-state index in [9.17, 15) is 9.18 Å². The summed E-state index contributed by atoms with van der Waals surface area (Å²) in [4.78, 5) is 12.7. The number of fused-ring (bicyclic) bond motifs is 1. The summed E-state index contributed by atoms with van der Waals surface area (Å²) in [5, 5.41) is 12.3. The van der Waals surface area contributed by atoms with Gasteiger partial charge in [0.05, 0.1) is 17.4 Å². The van der Waals surface area contributed by atoms with Crippen LogP contribution in [0.3, 0.4) is 0 Å². The van der Waals surface area contributed by atoms with Gasteiger partial charge >= 0.3 is 0 Å². The lowest BCUT2D eigenvalue weighted by molar-refractivity contribution is -0.119.